The van der Waals surface area contributed by atoms with Crippen molar-refractivity contribution in [3.8, 4) is 5.75 Å². The van der Waals surface area contributed by atoms with Crippen molar-refractivity contribution >= 4 is 16.2 Å². The minimum absolute atomic E-state index is 0.228. The molecule has 1 aliphatic heterocycles. The van der Waals surface area contributed by atoms with Crippen molar-refractivity contribution in [3.63, 3.8) is 0 Å². The molecule has 0 aliphatic carbocycles. The molecule has 2 rings (SSSR count). The van der Waals surface area contributed by atoms with E-state index in [-0.39, 0.29) is 19.1 Å². The molecule has 1 saturated heterocycles. The van der Waals surface area contributed by atoms with Crippen LogP contribution in [-0.4, -0.2) is 44.0 Å². The lowest BCUT2D eigenvalue weighted by Crippen LogP contribution is -2.46. The van der Waals surface area contributed by atoms with Gasteiger partial charge in [0.25, 0.3) is 10.2 Å². The predicted molar refractivity (Wildman–Crippen MR) is 90.0 cm³/mol. The summed E-state index contributed by atoms with van der Waals surface area (Å²) in [6.45, 7) is 2.37. The molecule has 1 aliphatic rings. The number of carboxylic acids is 1. The van der Waals surface area contributed by atoms with Crippen LogP contribution in [0.1, 0.15) is 37.8 Å². The molecule has 0 bridgehead atoms. The number of hydrogen-bond donors (Lipinski definition) is 2. The van der Waals surface area contributed by atoms with Crippen molar-refractivity contribution in [1.82, 2.24) is 9.03 Å². The van der Waals surface area contributed by atoms with Crippen LogP contribution < -0.4 is 9.46 Å². The molecule has 2 N–H and O–H groups in total. The van der Waals surface area contributed by atoms with E-state index in [4.69, 9.17) is 9.84 Å². The number of ether oxygens (including phenoxy) is 1. The van der Waals surface area contributed by atoms with E-state index >= 15 is 0 Å². The highest BCUT2D eigenvalue weighted by atomic mass is 32.2. The summed E-state index contributed by atoms with van der Waals surface area (Å²) in [6, 6.07) is 6.94. The predicted octanol–water partition coefficient (Wildman–Crippen LogP) is 1.78. The molecule has 24 heavy (non-hydrogen) atoms. The van der Waals surface area contributed by atoms with Crippen LogP contribution in [0.5, 0.6) is 5.75 Å². The van der Waals surface area contributed by atoms with E-state index in [1.807, 2.05) is 19.1 Å². The largest absolute Gasteiger partial charge is 0.497 e. The summed E-state index contributed by atoms with van der Waals surface area (Å²) in [7, 11) is -2.07. The van der Waals surface area contributed by atoms with Crippen LogP contribution in [0.15, 0.2) is 24.3 Å². The van der Waals surface area contributed by atoms with Crippen molar-refractivity contribution in [2.24, 2.45) is 5.92 Å². The van der Waals surface area contributed by atoms with Crippen molar-refractivity contribution < 1.29 is 23.1 Å². The summed E-state index contributed by atoms with van der Waals surface area (Å²) in [5.41, 5.74) is 0.863. The Morgan fingerprint density at radius 3 is 2.38 bits per heavy atom. The summed E-state index contributed by atoms with van der Waals surface area (Å²) in [5.74, 6) is -0.600. The second-order valence-corrected chi connectivity index (χ2v) is 7.57. The van der Waals surface area contributed by atoms with Gasteiger partial charge in [0.15, 0.2) is 0 Å². The van der Waals surface area contributed by atoms with Gasteiger partial charge < -0.3 is 9.84 Å². The summed E-state index contributed by atoms with van der Waals surface area (Å²) < 4.78 is 34.3. The third-order valence-electron chi connectivity index (χ3n) is 4.36. The summed E-state index contributed by atoms with van der Waals surface area (Å²) in [4.78, 5) is 11.0. The number of carboxylic acid groups (broad SMARTS) is 1. The average molecular weight is 356 g/mol. The molecule has 1 fully saturated rings. The second-order valence-electron chi connectivity index (χ2n) is 5.87. The molecule has 0 radical (unpaired) electrons. The molecule has 134 valence electrons. The number of methoxy groups -OCH3 is 1. The zero-order valence-corrected chi connectivity index (χ0v) is 14.8. The number of piperidine rings is 1. The van der Waals surface area contributed by atoms with Gasteiger partial charge in [0.2, 0.25) is 0 Å². The normalized spacial score (nSPS) is 18.2. The Morgan fingerprint density at radius 2 is 1.92 bits per heavy atom. The van der Waals surface area contributed by atoms with Crippen molar-refractivity contribution in [2.45, 2.75) is 32.2 Å². The summed E-state index contributed by atoms with van der Waals surface area (Å²) in [6.07, 6.45) is 1.29. The van der Waals surface area contributed by atoms with Gasteiger partial charge in [-0.25, -0.2) is 0 Å². The van der Waals surface area contributed by atoms with Crippen LogP contribution in [0.25, 0.3) is 0 Å². The highest BCUT2D eigenvalue weighted by Crippen LogP contribution is 2.24. The zero-order chi connectivity index (χ0) is 17.7. The highest BCUT2D eigenvalue weighted by Gasteiger charge is 2.32. The average Bonchev–Trinajstić information content (AvgIpc) is 2.60. The molecule has 1 aromatic carbocycles. The van der Waals surface area contributed by atoms with E-state index < -0.39 is 22.1 Å². The van der Waals surface area contributed by atoms with Crippen LogP contribution in [0, 0.1) is 5.92 Å². The van der Waals surface area contributed by atoms with Crippen molar-refractivity contribution in [3.05, 3.63) is 29.8 Å². The van der Waals surface area contributed by atoms with E-state index in [0.717, 1.165) is 5.56 Å². The maximum atomic E-state index is 12.6. The molecule has 0 saturated carbocycles. The Morgan fingerprint density at radius 1 is 1.33 bits per heavy atom. The van der Waals surface area contributed by atoms with Crippen LogP contribution in [0.3, 0.4) is 0 Å². The summed E-state index contributed by atoms with van der Waals surface area (Å²) in [5, 5.41) is 9.01. The number of nitrogens with one attached hydrogen (secondary N) is 1. The number of hydrogen-bond acceptors (Lipinski definition) is 4. The Bertz CT molecular complexity index is 652. The first-order chi connectivity index (χ1) is 11.4. The minimum atomic E-state index is -3.65. The first-order valence-corrected chi connectivity index (χ1v) is 9.45. The fourth-order valence-electron chi connectivity index (χ4n) is 2.82. The number of aliphatic carboxylic acids is 1. The molecule has 1 aromatic rings. The van der Waals surface area contributed by atoms with Crippen molar-refractivity contribution in [2.75, 3.05) is 20.2 Å². The number of benzene rings is 1. The third kappa shape index (κ3) is 4.46. The highest BCUT2D eigenvalue weighted by molar-refractivity contribution is 7.87. The van der Waals surface area contributed by atoms with Gasteiger partial charge in [-0.3, -0.25) is 4.79 Å². The smallest absolute Gasteiger partial charge is 0.306 e. The van der Waals surface area contributed by atoms with Crippen molar-refractivity contribution in [1.29, 1.82) is 0 Å². The third-order valence-corrected chi connectivity index (χ3v) is 5.99. The van der Waals surface area contributed by atoms with Gasteiger partial charge in [0.05, 0.1) is 13.0 Å². The quantitative estimate of drug-likeness (QED) is 0.776. The van der Waals surface area contributed by atoms with Crippen LogP contribution in [0.4, 0.5) is 0 Å². The Kier molecular flexibility index (Phi) is 6.20. The van der Waals surface area contributed by atoms with Gasteiger partial charge in [-0.1, -0.05) is 19.1 Å². The van der Waals surface area contributed by atoms with Crippen LogP contribution in [0.2, 0.25) is 0 Å². The van der Waals surface area contributed by atoms with Crippen LogP contribution >= 0.6 is 0 Å². The van der Waals surface area contributed by atoms with Gasteiger partial charge in [0.1, 0.15) is 5.75 Å². The molecule has 0 aromatic heterocycles. The van der Waals surface area contributed by atoms with Gasteiger partial charge in [-0.2, -0.15) is 17.4 Å². The zero-order valence-electron chi connectivity index (χ0n) is 13.9. The van der Waals surface area contributed by atoms with E-state index in [2.05, 4.69) is 4.72 Å². The van der Waals surface area contributed by atoms with Crippen LogP contribution in [-0.2, 0) is 15.0 Å². The summed E-state index contributed by atoms with van der Waals surface area (Å²) >= 11 is 0. The van der Waals surface area contributed by atoms with E-state index in [0.29, 0.717) is 25.0 Å². The lowest BCUT2D eigenvalue weighted by molar-refractivity contribution is -0.142. The first kappa shape index (κ1) is 18.7. The standard InChI is InChI=1S/C16H24N2O5S/c1-3-15(12-4-6-14(23-2)7-5-12)17-24(21,22)18-10-8-13(9-11-18)16(19)20/h4-7,13,15,17H,3,8-11H2,1-2H3,(H,19,20). The molecule has 0 amide bonds. The van der Waals surface area contributed by atoms with Gasteiger partial charge in [-0.05, 0) is 37.0 Å². The molecule has 1 heterocycles. The van der Waals surface area contributed by atoms with Gasteiger partial charge >= 0.3 is 5.97 Å². The lowest BCUT2D eigenvalue weighted by Gasteiger charge is -2.31. The van der Waals surface area contributed by atoms with E-state index in [9.17, 15) is 13.2 Å². The van der Waals surface area contributed by atoms with E-state index in [1.165, 1.54) is 4.31 Å². The monoisotopic (exact) mass is 356 g/mol. The molecule has 0 spiro atoms. The van der Waals surface area contributed by atoms with Gasteiger partial charge in [0, 0.05) is 19.1 Å². The fraction of sp³-hybridized carbons (Fsp3) is 0.562. The molecule has 8 heteroatoms. The first-order valence-electron chi connectivity index (χ1n) is 8.01. The minimum Gasteiger partial charge on any atom is -0.497 e. The number of nitrogens with zero attached hydrogens (tertiary/aromatic N) is 1. The molecular formula is C16H24N2O5S. The number of carbonyl (C=O) groups is 1. The molecule has 1 atom stereocenters. The fourth-order valence-corrected chi connectivity index (χ4v) is 4.32. The molecule has 7 nitrogen and oxygen atoms in total. The Hall–Kier alpha value is -1.64. The molecular weight excluding hydrogens is 332 g/mol. The Balaban J connectivity index is 2.04. The number of rotatable bonds is 7. The SMILES string of the molecule is CCC(NS(=O)(=O)N1CCC(C(=O)O)CC1)c1ccc(OC)cc1. The Labute approximate surface area is 142 Å². The second kappa shape index (κ2) is 7.96. The molecule has 1 unspecified atom stereocenters. The lowest BCUT2D eigenvalue weighted by atomic mass is 9.99. The maximum absolute atomic E-state index is 12.6. The maximum Gasteiger partial charge on any atom is 0.306 e. The van der Waals surface area contributed by atoms with Gasteiger partial charge in [-0.15, -0.1) is 0 Å². The topological polar surface area (TPSA) is 95.9 Å². The van der Waals surface area contributed by atoms with E-state index in [1.54, 1.807) is 19.2 Å².